The van der Waals surface area contributed by atoms with E-state index in [1.807, 2.05) is 258 Å². The van der Waals surface area contributed by atoms with Crippen LogP contribution in [0.1, 0.15) is 32.2 Å². The summed E-state index contributed by atoms with van der Waals surface area (Å²) in [6.45, 7) is 8.83. The maximum atomic E-state index is 4.81. The largest absolute Gasteiger partial charge is 0.299 e. The number of fused-ring (bicyclic) bond motifs is 3. The minimum Gasteiger partial charge on any atom is -0.299 e. The molecular weight excluding hydrogens is 1740 g/mol. The molecule has 0 N–H and O–H groups in total. The predicted molar refractivity (Wildman–Crippen MR) is 415 cm³/mol. The molecule has 0 unspecified atom stereocenters. The Labute approximate surface area is 512 Å². The standard InChI is InChI=1S/C16H17BrN2.S45/c1-10-14(17)18-15-12-8-6-5-7-11(12)9-13(19(10)15)16(2,3)4;1-3-5-7-9-11-13-15-17-19-21-23-25-27-29-31-33-35-37-39-41-43-45-44-42-40-38-36-34-32-30-28-26-24-22-20-18-16-14-12-10-8-6-4-2/h5-9H,1-4H3;. The number of aryl methyl sites for hydroxylation is 1. The summed E-state index contributed by atoms with van der Waals surface area (Å²) in [6.07, 6.45) is 0. The lowest BCUT2D eigenvalue weighted by Gasteiger charge is -2.22. The molecule has 0 amide bonds. The molecule has 48 heteroatoms. The first-order valence-corrected chi connectivity index (χ1v) is 73.3. The van der Waals surface area contributed by atoms with E-state index in [9.17, 15) is 0 Å². The van der Waals surface area contributed by atoms with Crippen LogP contribution in [0.3, 0.4) is 0 Å². The van der Waals surface area contributed by atoms with Crippen molar-refractivity contribution in [1.82, 2.24) is 9.38 Å². The van der Waals surface area contributed by atoms with Crippen LogP contribution in [0, 0.1) is 6.92 Å². The molecule has 0 radical (unpaired) electrons. The third-order valence-electron chi connectivity index (χ3n) is 4.72. The molecule has 0 spiro atoms. The minimum absolute atomic E-state index is 0.0766. The second kappa shape index (κ2) is 49.8. The van der Waals surface area contributed by atoms with E-state index in [1.165, 1.54) is 34.2 Å². The Bertz CT molecular complexity index is 4080. The number of rotatable bonds is 0. The van der Waals surface area contributed by atoms with Gasteiger partial charge in [-0.1, -0.05) is 45.0 Å². The van der Waals surface area contributed by atoms with Gasteiger partial charge in [0.2, 0.25) is 0 Å². The molecule has 0 saturated heterocycles. The number of nitrogens with zero attached hydrogens (tertiary/aromatic N) is 2. The van der Waals surface area contributed by atoms with Crippen LogP contribution < -0.4 is 0 Å². The number of hydrogen-bond donors (Lipinski definition) is 0. The van der Waals surface area contributed by atoms with E-state index in [-0.39, 0.29) is 5.41 Å². The lowest BCUT2D eigenvalue weighted by atomic mass is 9.90. The fourth-order valence-corrected chi connectivity index (χ4v) is 116. The first-order valence-electron chi connectivity index (χ1n) is 13.8. The van der Waals surface area contributed by atoms with Crippen LogP contribution in [0.5, 0.6) is 0 Å². The molecular formula is C16H17BrN2S45. The van der Waals surface area contributed by atoms with Gasteiger partial charge in [0.05, 0.1) is 5.69 Å². The molecule has 2 aromatic heterocycles. The van der Waals surface area contributed by atoms with Crippen molar-refractivity contribution in [1.29, 1.82) is 0 Å². The monoisotopic (exact) mass is 1750 g/mol. The van der Waals surface area contributed by atoms with Crippen molar-refractivity contribution in [2.45, 2.75) is 33.1 Å². The van der Waals surface area contributed by atoms with Crippen LogP contribution in [0.4, 0.5) is 0 Å². The predicted octanol–water partition coefficient (Wildman–Crippen LogP) is 4.75. The van der Waals surface area contributed by atoms with E-state index in [2.05, 4.69) is 78.4 Å². The molecule has 0 bridgehead atoms. The van der Waals surface area contributed by atoms with E-state index < -0.39 is 0 Å². The van der Waals surface area contributed by atoms with Gasteiger partial charge in [-0.05, 0) is 34.3 Å². The van der Waals surface area contributed by atoms with Gasteiger partial charge >= 0.3 is 0 Å². The second-order valence-electron chi connectivity index (χ2n) is 8.94. The molecule has 2 heterocycles. The average Bonchev–Trinajstić information content (AvgIpc) is 3.59. The summed E-state index contributed by atoms with van der Waals surface area (Å²) in [5, 5.41) is 2.45. The fourth-order valence-electron chi connectivity index (χ4n) is 3.01. The lowest BCUT2D eigenvalue weighted by Crippen LogP contribution is -2.17. The topological polar surface area (TPSA) is 17.3 Å². The summed E-state index contributed by atoms with van der Waals surface area (Å²) < 4.78 is 3.20. The van der Waals surface area contributed by atoms with Gasteiger partial charge in [0.1, 0.15) is 10.3 Å². The van der Waals surface area contributed by atoms with Crippen LogP contribution in [0.15, 0.2) is 34.9 Å². The Morgan fingerprint density at radius 2 is 0.672 bits per heavy atom. The van der Waals surface area contributed by atoms with Crippen molar-refractivity contribution in [2.75, 3.05) is 0 Å². The first kappa shape index (κ1) is 68.7. The van der Waals surface area contributed by atoms with Gasteiger partial charge in [-0.25, -0.2) is 4.98 Å². The Morgan fingerprint density at radius 1 is 0.422 bits per heavy atom. The molecule has 368 valence electrons. The number of benzene rings is 1. The highest BCUT2D eigenvalue weighted by molar-refractivity contribution is 9.10. The van der Waals surface area contributed by atoms with Crippen molar-refractivity contribution in [3.05, 3.63) is 46.3 Å². The highest BCUT2D eigenvalue weighted by atomic mass is 79.9. The summed E-state index contributed by atoms with van der Waals surface area (Å²) >= 11 is 13.2. The van der Waals surface area contributed by atoms with Gasteiger partial charge in [-0.2, -0.15) is 0 Å². The van der Waals surface area contributed by atoms with Crippen molar-refractivity contribution in [3.63, 3.8) is 0 Å². The molecule has 3 rings (SSSR count). The van der Waals surface area contributed by atoms with Crippen LogP contribution in [-0.4, -0.2) is 9.38 Å². The summed E-state index contributed by atoms with van der Waals surface area (Å²) in [5.41, 5.74) is 3.56. The Morgan fingerprint density at radius 3 is 0.922 bits per heavy atom. The Hall–Kier alpha value is 8.55. The summed E-state index contributed by atoms with van der Waals surface area (Å²) in [7, 11) is 76.6. The van der Waals surface area contributed by atoms with Crippen molar-refractivity contribution in [3.8, 4) is 0 Å². The van der Waals surface area contributed by atoms with E-state index in [0.717, 1.165) is 15.9 Å². The molecule has 1 aromatic carbocycles. The number of hydrogen-bond acceptors (Lipinski definition) is 3. The first-order chi connectivity index (χ1) is 31.3. The second-order valence-corrected chi connectivity index (χ2v) is 85.8. The quantitative estimate of drug-likeness (QED) is 0.324. The molecule has 0 atom stereocenters. The smallest absolute Gasteiger partial charge is 0.146 e. The third kappa shape index (κ3) is 37.4. The molecule has 0 aliphatic carbocycles. The van der Waals surface area contributed by atoms with Gasteiger partial charge in [-0.15, -0.1) is 0 Å². The van der Waals surface area contributed by atoms with Crippen molar-refractivity contribution in [2.24, 2.45) is 0 Å². The molecule has 0 aliphatic rings. The van der Waals surface area contributed by atoms with Crippen LogP contribution >= 0.6 is 15.9 Å². The Kier molecular flexibility index (Phi) is 53.4. The number of imidazole rings is 1. The zero-order valence-electron chi connectivity index (χ0n) is 30.0. The molecule has 0 fully saturated rings. The normalized spacial score (nSPS) is 9.14. The highest BCUT2D eigenvalue weighted by Gasteiger charge is 2.21. The third-order valence-corrected chi connectivity index (χ3v) is 98.8. The van der Waals surface area contributed by atoms with E-state index >= 15 is 0 Å². The molecule has 64 heavy (non-hydrogen) atoms. The van der Waals surface area contributed by atoms with Crippen molar-refractivity contribution < 1.29 is 0 Å². The van der Waals surface area contributed by atoms with Crippen molar-refractivity contribution >= 4 is 437 Å². The van der Waals surface area contributed by atoms with Gasteiger partial charge in [0.25, 0.3) is 0 Å². The van der Waals surface area contributed by atoms with Crippen LogP contribution in [0.25, 0.3) is 16.4 Å². The zero-order chi connectivity index (χ0) is 46.2. The van der Waals surface area contributed by atoms with Crippen LogP contribution in [-0.2, 0) is 410 Å². The van der Waals surface area contributed by atoms with E-state index in [0.29, 0.717) is 0 Å². The Balaban J connectivity index is 0.000000603. The minimum atomic E-state index is 0.0766. The average molecular weight is 1760 g/mol. The van der Waals surface area contributed by atoms with Gasteiger partial charge in [0.15, 0.2) is 0 Å². The van der Waals surface area contributed by atoms with E-state index in [4.69, 9.17) is 27.4 Å². The molecule has 2 nitrogen and oxygen atoms in total. The van der Waals surface area contributed by atoms with Gasteiger partial charge < -0.3 is 0 Å². The maximum absolute atomic E-state index is 4.81. The van der Waals surface area contributed by atoms with Gasteiger partial charge in [0, 0.05) is 421 Å². The van der Waals surface area contributed by atoms with Gasteiger partial charge in [-0.3, -0.25) is 4.40 Å². The lowest BCUT2D eigenvalue weighted by molar-refractivity contribution is 0.560. The van der Waals surface area contributed by atoms with E-state index in [1.54, 1.807) is 107 Å². The summed E-state index contributed by atoms with van der Waals surface area (Å²) in [5.74, 6) is 0. The fraction of sp³-hybridized carbons (Fsp3) is 0.312. The molecule has 3 aromatic rings. The highest BCUT2D eigenvalue weighted by Crippen LogP contribution is 2.32. The number of halogens is 1. The maximum Gasteiger partial charge on any atom is 0.146 e. The molecule has 0 aliphatic heterocycles. The van der Waals surface area contributed by atoms with Crippen LogP contribution in [0.2, 0.25) is 0 Å². The summed E-state index contributed by atoms with van der Waals surface area (Å²) in [6, 6.07) is 10.7. The SMILES string of the molecule is Cc1c(Br)nc2c3ccccc3cc(C(C)(C)C)n12.S=S=S=S=S=S=S=S=S=S=S=S=S=S=S=S=S=S=S=S=S=S=S=S=S=S=S=S=S=S=S=S=S=S=S=S=S=S=S=S=S=S=S=S=S. The number of pyridine rings is 1. The number of aromatic nitrogens is 2. The zero-order valence-corrected chi connectivity index (χ0v) is 68.4. The molecule has 0 saturated carbocycles. The summed E-state index contributed by atoms with van der Waals surface area (Å²) in [4.78, 5) is 4.69.